The van der Waals surface area contributed by atoms with Gasteiger partial charge < -0.3 is 10.1 Å². The molecule has 82 valence electrons. The molecule has 0 spiro atoms. The maximum atomic E-state index is 11.6. The molecule has 1 heterocycles. The highest BCUT2D eigenvalue weighted by molar-refractivity contribution is 7.81. The average Bonchev–Trinajstić information content (AvgIpc) is 2.44. The van der Waals surface area contributed by atoms with Crippen LogP contribution >= 0.6 is 12.6 Å². The Bertz CT molecular complexity index is 218. The quantitative estimate of drug-likeness (QED) is 0.698. The summed E-state index contributed by atoms with van der Waals surface area (Å²) in [5.41, 5.74) is 0.0386. The Balaban J connectivity index is 2.48. The highest BCUT2D eigenvalue weighted by Gasteiger charge is 2.37. The van der Waals surface area contributed by atoms with Crippen molar-refractivity contribution in [2.45, 2.75) is 38.5 Å². The second-order valence-corrected chi connectivity index (χ2v) is 5.11. The molecule has 0 aliphatic carbocycles. The van der Waals surface area contributed by atoms with Crippen molar-refractivity contribution in [1.29, 1.82) is 0 Å². The Kier molecular flexibility index (Phi) is 3.84. The molecule has 1 saturated heterocycles. The van der Waals surface area contributed by atoms with Crippen LogP contribution in [-0.2, 0) is 9.53 Å². The van der Waals surface area contributed by atoms with Gasteiger partial charge >= 0.3 is 0 Å². The molecule has 0 radical (unpaired) electrons. The van der Waals surface area contributed by atoms with Crippen molar-refractivity contribution in [3.05, 3.63) is 0 Å². The molecule has 0 aromatic heterocycles. The summed E-state index contributed by atoms with van der Waals surface area (Å²) >= 11 is 4.20. The molecule has 0 saturated carbocycles. The summed E-state index contributed by atoms with van der Waals surface area (Å²) in [6.45, 7) is 7.48. The molecule has 1 N–H and O–H groups in total. The van der Waals surface area contributed by atoms with Crippen LogP contribution in [0.25, 0.3) is 0 Å². The van der Waals surface area contributed by atoms with Crippen LogP contribution in [0.1, 0.15) is 27.2 Å². The number of hydrogen-bond acceptors (Lipinski definition) is 3. The van der Waals surface area contributed by atoms with Crippen molar-refractivity contribution in [2.75, 3.05) is 13.2 Å². The Morgan fingerprint density at radius 2 is 2.36 bits per heavy atom. The van der Waals surface area contributed by atoms with Gasteiger partial charge in [-0.25, -0.2) is 0 Å². The molecule has 1 aliphatic heterocycles. The standard InChI is InChI=1S/C10H19NO2S/c1-4-7(14)9(12)11-8-5-13-6-10(8,2)3/h7-8,14H,4-6H2,1-3H3,(H,11,12). The molecule has 1 aliphatic rings. The average molecular weight is 217 g/mol. The fraction of sp³-hybridized carbons (Fsp3) is 0.900. The van der Waals surface area contributed by atoms with E-state index in [9.17, 15) is 4.79 Å². The predicted octanol–water partition coefficient (Wildman–Crippen LogP) is 1.24. The topological polar surface area (TPSA) is 38.3 Å². The molecule has 1 rings (SSSR count). The smallest absolute Gasteiger partial charge is 0.233 e. The minimum absolute atomic E-state index is 0.0133. The number of rotatable bonds is 3. The molecule has 2 unspecified atom stereocenters. The van der Waals surface area contributed by atoms with Crippen LogP contribution in [0.5, 0.6) is 0 Å². The molecule has 2 atom stereocenters. The summed E-state index contributed by atoms with van der Waals surface area (Å²) in [6.07, 6.45) is 0.753. The summed E-state index contributed by atoms with van der Waals surface area (Å²) in [5.74, 6) is 0.0133. The molecule has 0 aromatic rings. The highest BCUT2D eigenvalue weighted by Crippen LogP contribution is 2.27. The zero-order valence-corrected chi connectivity index (χ0v) is 9.93. The summed E-state index contributed by atoms with van der Waals surface area (Å²) < 4.78 is 5.35. The van der Waals surface area contributed by atoms with Crippen molar-refractivity contribution < 1.29 is 9.53 Å². The van der Waals surface area contributed by atoms with E-state index in [0.717, 1.165) is 6.42 Å². The third kappa shape index (κ3) is 2.64. The Labute approximate surface area is 91.0 Å². The third-order valence-corrected chi connectivity index (χ3v) is 3.31. The van der Waals surface area contributed by atoms with Crippen LogP contribution in [-0.4, -0.2) is 30.4 Å². The van der Waals surface area contributed by atoms with Crippen LogP contribution in [0.3, 0.4) is 0 Å². The monoisotopic (exact) mass is 217 g/mol. The number of carbonyl (C=O) groups excluding carboxylic acids is 1. The van der Waals surface area contributed by atoms with Crippen LogP contribution < -0.4 is 5.32 Å². The highest BCUT2D eigenvalue weighted by atomic mass is 32.1. The number of hydrogen-bond donors (Lipinski definition) is 2. The summed E-state index contributed by atoms with van der Waals surface area (Å²) in [6, 6.07) is 0.121. The minimum atomic E-state index is -0.202. The van der Waals surface area contributed by atoms with E-state index in [1.54, 1.807) is 0 Å². The molecule has 4 heteroatoms. The van der Waals surface area contributed by atoms with E-state index in [4.69, 9.17) is 4.74 Å². The molecular formula is C10H19NO2S. The van der Waals surface area contributed by atoms with E-state index < -0.39 is 0 Å². The maximum Gasteiger partial charge on any atom is 0.233 e. The van der Waals surface area contributed by atoms with Crippen molar-refractivity contribution in [1.82, 2.24) is 5.32 Å². The molecule has 0 bridgehead atoms. The first-order chi connectivity index (χ1) is 6.47. The normalized spacial score (nSPS) is 27.3. The van der Waals surface area contributed by atoms with Crippen LogP contribution in [0, 0.1) is 5.41 Å². The lowest BCUT2D eigenvalue weighted by atomic mass is 9.88. The lowest BCUT2D eigenvalue weighted by Gasteiger charge is -2.26. The molecule has 1 amide bonds. The van der Waals surface area contributed by atoms with Gasteiger partial charge in [-0.15, -0.1) is 0 Å². The number of thiol groups is 1. The van der Waals surface area contributed by atoms with Gasteiger partial charge in [0, 0.05) is 5.41 Å². The van der Waals surface area contributed by atoms with Crippen LogP contribution in [0.2, 0.25) is 0 Å². The summed E-state index contributed by atoms with van der Waals surface area (Å²) in [4.78, 5) is 11.6. The Morgan fingerprint density at radius 3 is 2.79 bits per heavy atom. The summed E-state index contributed by atoms with van der Waals surface area (Å²) in [7, 11) is 0. The SMILES string of the molecule is CCC(S)C(=O)NC1COCC1(C)C. The van der Waals surface area contributed by atoms with Crippen LogP contribution in [0.4, 0.5) is 0 Å². The van der Waals surface area contributed by atoms with Gasteiger partial charge in [-0.3, -0.25) is 4.79 Å². The molecule has 14 heavy (non-hydrogen) atoms. The first-order valence-electron chi connectivity index (χ1n) is 5.03. The van der Waals surface area contributed by atoms with Crippen molar-refractivity contribution in [3.63, 3.8) is 0 Å². The fourth-order valence-corrected chi connectivity index (χ4v) is 1.53. The lowest BCUT2D eigenvalue weighted by molar-refractivity contribution is -0.121. The minimum Gasteiger partial charge on any atom is -0.379 e. The number of nitrogens with one attached hydrogen (secondary N) is 1. The van der Waals surface area contributed by atoms with Gasteiger partial charge in [0.1, 0.15) is 0 Å². The van der Waals surface area contributed by atoms with Gasteiger partial charge in [0.2, 0.25) is 5.91 Å². The Hall–Kier alpha value is -0.220. The van der Waals surface area contributed by atoms with E-state index in [-0.39, 0.29) is 22.6 Å². The maximum absolute atomic E-state index is 11.6. The van der Waals surface area contributed by atoms with E-state index in [0.29, 0.717) is 13.2 Å². The van der Waals surface area contributed by atoms with Gasteiger partial charge in [0.25, 0.3) is 0 Å². The molecule has 1 fully saturated rings. The van der Waals surface area contributed by atoms with Gasteiger partial charge in [0.05, 0.1) is 24.5 Å². The zero-order chi connectivity index (χ0) is 10.8. The molecular weight excluding hydrogens is 198 g/mol. The van der Waals surface area contributed by atoms with Gasteiger partial charge in [0.15, 0.2) is 0 Å². The number of amides is 1. The first-order valence-corrected chi connectivity index (χ1v) is 5.55. The van der Waals surface area contributed by atoms with Crippen molar-refractivity contribution in [2.24, 2.45) is 5.41 Å². The first kappa shape index (κ1) is 11.9. The second-order valence-electron chi connectivity index (χ2n) is 4.49. The fourth-order valence-electron chi connectivity index (χ4n) is 1.46. The van der Waals surface area contributed by atoms with E-state index in [1.807, 2.05) is 6.92 Å². The zero-order valence-electron chi connectivity index (χ0n) is 9.04. The largest absolute Gasteiger partial charge is 0.379 e. The van der Waals surface area contributed by atoms with Gasteiger partial charge in [-0.05, 0) is 6.42 Å². The molecule has 3 nitrogen and oxygen atoms in total. The van der Waals surface area contributed by atoms with Gasteiger partial charge in [-0.2, -0.15) is 12.6 Å². The van der Waals surface area contributed by atoms with Crippen LogP contribution in [0.15, 0.2) is 0 Å². The Morgan fingerprint density at radius 1 is 1.71 bits per heavy atom. The van der Waals surface area contributed by atoms with E-state index in [1.165, 1.54) is 0 Å². The van der Waals surface area contributed by atoms with Gasteiger partial charge in [-0.1, -0.05) is 20.8 Å². The van der Waals surface area contributed by atoms with Crippen molar-refractivity contribution >= 4 is 18.5 Å². The predicted molar refractivity (Wildman–Crippen MR) is 59.6 cm³/mol. The number of carbonyl (C=O) groups is 1. The van der Waals surface area contributed by atoms with E-state index >= 15 is 0 Å². The molecule has 0 aromatic carbocycles. The third-order valence-electron chi connectivity index (χ3n) is 2.71. The van der Waals surface area contributed by atoms with E-state index in [2.05, 4.69) is 31.8 Å². The summed E-state index contributed by atoms with van der Waals surface area (Å²) in [5, 5.41) is 2.78. The van der Waals surface area contributed by atoms with Crippen molar-refractivity contribution in [3.8, 4) is 0 Å². The second kappa shape index (κ2) is 4.53. The lowest BCUT2D eigenvalue weighted by Crippen LogP contribution is -2.46. The number of ether oxygens (including phenoxy) is 1.